The minimum atomic E-state index is -4.47. The highest BCUT2D eigenvalue weighted by molar-refractivity contribution is 6.43. The van der Waals surface area contributed by atoms with Crippen molar-refractivity contribution in [2.75, 3.05) is 0 Å². The van der Waals surface area contributed by atoms with Crippen molar-refractivity contribution in [3.05, 3.63) is 51.5 Å². The number of hydrogen-bond donors (Lipinski definition) is 1. The number of benzene rings is 2. The lowest BCUT2D eigenvalue weighted by Crippen LogP contribution is -2.34. The van der Waals surface area contributed by atoms with Gasteiger partial charge in [-0.2, -0.15) is 13.2 Å². The zero-order valence-electron chi connectivity index (χ0n) is 12.6. The molecule has 0 aromatic heterocycles. The summed E-state index contributed by atoms with van der Waals surface area (Å²) in [7, 11) is 0. The maximum absolute atomic E-state index is 13.3. The third-order valence-electron chi connectivity index (χ3n) is 4.01. The van der Waals surface area contributed by atoms with E-state index >= 15 is 0 Å². The Balaban J connectivity index is 2.22. The second-order valence-corrected chi connectivity index (χ2v) is 6.62. The number of alkyl halides is 3. The largest absolute Gasteiger partial charge is 0.488 e. The molecule has 1 aliphatic rings. The first-order valence-electron chi connectivity index (χ1n) is 7.29. The second kappa shape index (κ2) is 6.14. The molecular formula is C17H14Cl2F3NO. The van der Waals surface area contributed by atoms with Crippen molar-refractivity contribution in [1.82, 2.24) is 0 Å². The van der Waals surface area contributed by atoms with E-state index in [0.717, 1.165) is 12.1 Å². The van der Waals surface area contributed by atoms with Gasteiger partial charge in [0.25, 0.3) is 0 Å². The molecular weight excluding hydrogens is 362 g/mol. The Morgan fingerprint density at radius 1 is 1.21 bits per heavy atom. The quantitative estimate of drug-likeness (QED) is 0.769. The third-order valence-corrected chi connectivity index (χ3v) is 4.83. The lowest BCUT2D eigenvalue weighted by Gasteiger charge is -2.17. The van der Waals surface area contributed by atoms with Gasteiger partial charge < -0.3 is 10.5 Å². The lowest BCUT2D eigenvalue weighted by atomic mass is 9.96. The molecule has 2 aromatic rings. The van der Waals surface area contributed by atoms with Crippen LogP contribution in [-0.2, 0) is 12.6 Å². The monoisotopic (exact) mass is 375 g/mol. The Morgan fingerprint density at radius 3 is 2.54 bits per heavy atom. The molecule has 0 saturated carbocycles. The van der Waals surface area contributed by atoms with Crippen LogP contribution >= 0.6 is 23.2 Å². The molecule has 3 rings (SSSR count). The molecule has 2 nitrogen and oxygen atoms in total. The number of ether oxygens (including phenoxy) is 1. The Labute approximate surface area is 147 Å². The number of fused-ring (bicyclic) bond motifs is 1. The highest BCUT2D eigenvalue weighted by atomic mass is 35.5. The fourth-order valence-electron chi connectivity index (χ4n) is 2.76. The van der Waals surface area contributed by atoms with Crippen molar-refractivity contribution in [3.63, 3.8) is 0 Å². The Morgan fingerprint density at radius 2 is 1.92 bits per heavy atom. The van der Waals surface area contributed by atoms with Gasteiger partial charge in [0.05, 0.1) is 15.6 Å². The summed E-state index contributed by atoms with van der Waals surface area (Å²) in [5, 5.41) is 0.454. The van der Waals surface area contributed by atoms with E-state index in [9.17, 15) is 13.2 Å². The maximum Gasteiger partial charge on any atom is 0.416 e. The van der Waals surface area contributed by atoms with E-state index in [2.05, 4.69) is 0 Å². The van der Waals surface area contributed by atoms with Crippen molar-refractivity contribution < 1.29 is 17.9 Å². The molecule has 0 aliphatic carbocycles. The molecule has 1 heterocycles. The summed E-state index contributed by atoms with van der Waals surface area (Å²) in [5.41, 5.74) is 6.24. The van der Waals surface area contributed by atoms with Gasteiger partial charge in [0.15, 0.2) is 0 Å². The van der Waals surface area contributed by atoms with Gasteiger partial charge in [-0.05, 0) is 30.7 Å². The number of hydrogen-bond acceptors (Lipinski definition) is 2. The van der Waals surface area contributed by atoms with Crippen molar-refractivity contribution in [1.29, 1.82) is 0 Å². The molecule has 0 radical (unpaired) electrons. The molecule has 0 bridgehead atoms. The molecule has 2 unspecified atom stereocenters. The zero-order chi connectivity index (χ0) is 17.6. The molecule has 1 aliphatic heterocycles. The summed E-state index contributed by atoms with van der Waals surface area (Å²) in [6.07, 6.45) is -4.52. The van der Waals surface area contributed by atoms with Gasteiger partial charge in [-0.15, -0.1) is 0 Å². The maximum atomic E-state index is 13.3. The summed E-state index contributed by atoms with van der Waals surface area (Å²) < 4.78 is 45.6. The first kappa shape index (κ1) is 17.4. The average molecular weight is 376 g/mol. The smallest absolute Gasteiger partial charge is 0.416 e. The van der Waals surface area contributed by atoms with Crippen LogP contribution in [0.15, 0.2) is 30.3 Å². The third kappa shape index (κ3) is 3.08. The Hall–Kier alpha value is -1.43. The molecule has 7 heteroatoms. The van der Waals surface area contributed by atoms with Crippen LogP contribution in [0.2, 0.25) is 10.0 Å². The van der Waals surface area contributed by atoms with Crippen molar-refractivity contribution >= 4 is 23.2 Å². The van der Waals surface area contributed by atoms with Crippen molar-refractivity contribution in [2.24, 2.45) is 5.73 Å². The molecule has 2 atom stereocenters. The van der Waals surface area contributed by atoms with Crippen LogP contribution in [0.4, 0.5) is 13.2 Å². The molecule has 2 aromatic carbocycles. The normalized spacial score (nSPS) is 18.2. The molecule has 24 heavy (non-hydrogen) atoms. The minimum absolute atomic E-state index is 0.188. The van der Waals surface area contributed by atoms with Gasteiger partial charge >= 0.3 is 6.18 Å². The topological polar surface area (TPSA) is 35.2 Å². The predicted molar refractivity (Wildman–Crippen MR) is 88.7 cm³/mol. The van der Waals surface area contributed by atoms with Crippen LogP contribution in [0.1, 0.15) is 18.1 Å². The van der Waals surface area contributed by atoms with E-state index in [1.54, 1.807) is 25.1 Å². The highest BCUT2D eigenvalue weighted by Gasteiger charge is 2.36. The fraction of sp³-hybridized carbons (Fsp3) is 0.294. The van der Waals surface area contributed by atoms with Gasteiger partial charge in [0, 0.05) is 23.6 Å². The summed E-state index contributed by atoms with van der Waals surface area (Å²) >= 11 is 12.2. The molecule has 0 amide bonds. The van der Waals surface area contributed by atoms with Gasteiger partial charge in [0.1, 0.15) is 11.9 Å². The van der Waals surface area contributed by atoms with Gasteiger partial charge in [-0.3, -0.25) is 0 Å². The van der Waals surface area contributed by atoms with Crippen LogP contribution in [-0.4, -0.2) is 12.1 Å². The number of nitrogens with two attached hydrogens (primary N) is 1. The van der Waals surface area contributed by atoms with E-state index in [1.165, 1.54) is 0 Å². The van der Waals surface area contributed by atoms with Gasteiger partial charge in [-0.1, -0.05) is 35.3 Å². The molecule has 128 valence electrons. The molecule has 0 saturated heterocycles. The van der Waals surface area contributed by atoms with Gasteiger partial charge in [0.2, 0.25) is 0 Å². The van der Waals surface area contributed by atoms with E-state index in [1.807, 2.05) is 0 Å². The SMILES string of the molecule is CC(N)C1Cc2cc(C(F)(F)F)cc(-c3cccc(Cl)c3Cl)c2O1. The van der Waals surface area contributed by atoms with E-state index in [-0.39, 0.29) is 27.8 Å². The Kier molecular flexibility index (Phi) is 4.45. The van der Waals surface area contributed by atoms with Crippen molar-refractivity contribution in [3.8, 4) is 16.9 Å². The summed E-state index contributed by atoms with van der Waals surface area (Å²) in [6, 6.07) is 6.67. The van der Waals surface area contributed by atoms with Crippen LogP contribution < -0.4 is 10.5 Å². The summed E-state index contributed by atoms with van der Waals surface area (Å²) in [6.45, 7) is 1.76. The van der Waals surface area contributed by atoms with Crippen molar-refractivity contribution in [2.45, 2.75) is 31.7 Å². The minimum Gasteiger partial charge on any atom is -0.488 e. The van der Waals surface area contributed by atoms with Crippen LogP contribution in [0.3, 0.4) is 0 Å². The Bertz CT molecular complexity index is 790. The molecule has 2 N–H and O–H groups in total. The van der Waals surface area contributed by atoms with Crippen LogP contribution in [0, 0.1) is 0 Å². The molecule has 0 fully saturated rings. The number of halogens is 5. The summed E-state index contributed by atoms with van der Waals surface area (Å²) in [5.74, 6) is 0.384. The zero-order valence-corrected chi connectivity index (χ0v) is 14.1. The number of rotatable bonds is 2. The fourth-order valence-corrected chi connectivity index (χ4v) is 3.16. The van der Waals surface area contributed by atoms with E-state index in [4.69, 9.17) is 33.7 Å². The summed E-state index contributed by atoms with van der Waals surface area (Å²) in [4.78, 5) is 0. The standard InChI is InChI=1S/C17H14Cl2F3NO/c1-8(23)14-6-9-5-10(17(20,21)22)7-12(16(9)24-14)11-3-2-4-13(18)15(11)19/h2-5,7-8,14H,6,23H2,1H3. The first-order valence-corrected chi connectivity index (χ1v) is 8.05. The second-order valence-electron chi connectivity index (χ2n) is 5.83. The predicted octanol–water partition coefficient (Wildman–Crippen LogP) is 5.33. The van der Waals surface area contributed by atoms with Gasteiger partial charge in [-0.25, -0.2) is 0 Å². The lowest BCUT2D eigenvalue weighted by molar-refractivity contribution is -0.137. The highest BCUT2D eigenvalue weighted by Crippen LogP contribution is 2.46. The van der Waals surface area contributed by atoms with E-state index in [0.29, 0.717) is 23.3 Å². The average Bonchev–Trinajstić information content (AvgIpc) is 2.92. The molecule has 0 spiro atoms. The van der Waals surface area contributed by atoms with Crippen LogP contribution in [0.5, 0.6) is 5.75 Å². The van der Waals surface area contributed by atoms with Crippen LogP contribution in [0.25, 0.3) is 11.1 Å². The van der Waals surface area contributed by atoms with E-state index < -0.39 is 11.7 Å². The first-order chi connectivity index (χ1) is 11.2.